The molecule has 0 bridgehead atoms. The molecule has 0 spiro atoms. The molecule has 1 atom stereocenters. The molecule has 1 aliphatic rings. The first-order chi connectivity index (χ1) is 22.2. The number of hydrogen-bond acceptors (Lipinski definition) is 4. The Balaban J connectivity index is 1.56. The van der Waals surface area contributed by atoms with E-state index >= 15 is 0 Å². The number of carbonyl (C=O) groups excluding carboxylic acids is 2. The summed E-state index contributed by atoms with van der Waals surface area (Å²) < 4.78 is 29.4. The van der Waals surface area contributed by atoms with E-state index in [1.54, 1.807) is 35.2 Å². The Morgan fingerprint density at radius 3 is 2.04 bits per heavy atom. The number of rotatable bonds is 12. The highest BCUT2D eigenvalue weighted by Gasteiger charge is 2.35. The van der Waals surface area contributed by atoms with Gasteiger partial charge in [0.1, 0.15) is 12.6 Å². The molecule has 4 aromatic carbocycles. The summed E-state index contributed by atoms with van der Waals surface area (Å²) >= 11 is 0. The number of carbonyl (C=O) groups is 2. The molecule has 0 aliphatic heterocycles. The highest BCUT2D eigenvalue weighted by molar-refractivity contribution is 7.92. The maximum absolute atomic E-state index is 14.7. The van der Waals surface area contributed by atoms with E-state index in [2.05, 4.69) is 5.32 Å². The third-order valence-electron chi connectivity index (χ3n) is 8.76. The molecule has 240 valence electrons. The fourth-order valence-electron chi connectivity index (χ4n) is 6.03. The van der Waals surface area contributed by atoms with Crippen LogP contribution in [-0.4, -0.2) is 43.8 Å². The molecule has 4 aromatic rings. The van der Waals surface area contributed by atoms with Crippen molar-refractivity contribution < 1.29 is 18.0 Å². The quantitative estimate of drug-likeness (QED) is 0.190. The van der Waals surface area contributed by atoms with Gasteiger partial charge in [-0.05, 0) is 67.6 Å². The summed E-state index contributed by atoms with van der Waals surface area (Å²) in [5, 5.41) is 3.26. The van der Waals surface area contributed by atoms with E-state index in [-0.39, 0.29) is 23.4 Å². The van der Waals surface area contributed by atoms with Crippen LogP contribution in [0.2, 0.25) is 0 Å². The van der Waals surface area contributed by atoms with Crippen LogP contribution in [0.4, 0.5) is 5.69 Å². The SMILES string of the molecule is Cc1ccc(N(CC(=O)N(Cc2ccccc2C)[C@@H](Cc2ccccc2)C(=O)NC2CCCCC2)S(=O)(=O)c2ccccc2)cc1. The van der Waals surface area contributed by atoms with Crippen LogP contribution in [0.5, 0.6) is 0 Å². The van der Waals surface area contributed by atoms with Crippen molar-refractivity contribution in [3.8, 4) is 0 Å². The van der Waals surface area contributed by atoms with Gasteiger partial charge in [-0.15, -0.1) is 0 Å². The Morgan fingerprint density at radius 1 is 0.783 bits per heavy atom. The van der Waals surface area contributed by atoms with E-state index in [1.807, 2.05) is 80.6 Å². The fraction of sp³-hybridized carbons (Fsp3) is 0.316. The lowest BCUT2D eigenvalue weighted by atomic mass is 9.94. The Morgan fingerprint density at radius 2 is 1.39 bits per heavy atom. The van der Waals surface area contributed by atoms with E-state index < -0.39 is 28.5 Å². The topological polar surface area (TPSA) is 86.8 Å². The van der Waals surface area contributed by atoms with Crippen molar-refractivity contribution in [3.63, 3.8) is 0 Å². The van der Waals surface area contributed by atoms with Crippen LogP contribution in [0.25, 0.3) is 0 Å². The Bertz CT molecular complexity index is 1700. The molecular formula is C38H43N3O4S. The highest BCUT2D eigenvalue weighted by Crippen LogP contribution is 2.26. The molecule has 0 unspecified atom stereocenters. The van der Waals surface area contributed by atoms with Crippen molar-refractivity contribution in [3.05, 3.63) is 131 Å². The van der Waals surface area contributed by atoms with Crippen molar-refractivity contribution in [2.45, 2.75) is 75.9 Å². The third-order valence-corrected chi connectivity index (χ3v) is 10.5. The van der Waals surface area contributed by atoms with Gasteiger partial charge in [0.05, 0.1) is 10.6 Å². The zero-order valence-corrected chi connectivity index (χ0v) is 27.5. The normalized spacial score (nSPS) is 14.3. The van der Waals surface area contributed by atoms with Crippen LogP contribution in [0.15, 0.2) is 114 Å². The predicted octanol–water partition coefficient (Wildman–Crippen LogP) is 6.59. The summed E-state index contributed by atoms with van der Waals surface area (Å²) in [5.74, 6) is -0.673. The number of amides is 2. The Hall–Kier alpha value is -4.43. The molecule has 1 saturated carbocycles. The second-order valence-electron chi connectivity index (χ2n) is 12.2. The molecule has 1 fully saturated rings. The molecule has 0 heterocycles. The van der Waals surface area contributed by atoms with Crippen LogP contribution in [0.3, 0.4) is 0 Å². The number of sulfonamides is 1. The van der Waals surface area contributed by atoms with Gasteiger partial charge >= 0.3 is 0 Å². The Labute approximate surface area is 273 Å². The molecule has 1 N–H and O–H groups in total. The molecule has 5 rings (SSSR count). The van der Waals surface area contributed by atoms with Crippen LogP contribution in [0.1, 0.15) is 54.4 Å². The smallest absolute Gasteiger partial charge is 0.264 e. The number of benzene rings is 4. The summed E-state index contributed by atoms with van der Waals surface area (Å²) in [5.41, 5.74) is 4.15. The van der Waals surface area contributed by atoms with Crippen molar-refractivity contribution in [2.75, 3.05) is 10.8 Å². The van der Waals surface area contributed by atoms with Gasteiger partial charge in [-0.2, -0.15) is 0 Å². The van der Waals surface area contributed by atoms with E-state index in [9.17, 15) is 18.0 Å². The second kappa shape index (κ2) is 15.2. The number of aryl methyl sites for hydroxylation is 2. The molecule has 1 aliphatic carbocycles. The first kappa shape index (κ1) is 32.9. The van der Waals surface area contributed by atoms with Gasteiger partial charge in [0.25, 0.3) is 10.0 Å². The lowest BCUT2D eigenvalue weighted by Gasteiger charge is -2.35. The van der Waals surface area contributed by atoms with Gasteiger partial charge in [0, 0.05) is 19.0 Å². The average Bonchev–Trinajstić information content (AvgIpc) is 3.07. The van der Waals surface area contributed by atoms with Gasteiger partial charge in [-0.25, -0.2) is 8.42 Å². The van der Waals surface area contributed by atoms with Crippen molar-refractivity contribution in [1.29, 1.82) is 0 Å². The standard InChI is InChI=1S/C38H43N3O4S/c1-29-22-24-34(25-23-29)41(46(44,45)35-20-10-5-11-21-35)28-37(42)40(27-32-17-13-12-14-30(32)2)36(26-31-15-6-3-7-16-31)38(43)39-33-18-8-4-9-19-33/h3,5-7,10-17,20-25,33,36H,4,8-9,18-19,26-28H2,1-2H3,(H,39,43)/t36-/m0/s1. The average molecular weight is 638 g/mol. The van der Waals surface area contributed by atoms with Crippen LogP contribution in [0, 0.1) is 13.8 Å². The summed E-state index contributed by atoms with van der Waals surface area (Å²) in [7, 11) is -4.12. The maximum atomic E-state index is 14.7. The van der Waals surface area contributed by atoms with Gasteiger partial charge < -0.3 is 10.2 Å². The largest absolute Gasteiger partial charge is 0.352 e. The minimum atomic E-state index is -4.12. The van der Waals surface area contributed by atoms with Gasteiger partial charge in [-0.1, -0.05) is 110 Å². The van der Waals surface area contributed by atoms with Gasteiger partial charge in [0.2, 0.25) is 11.8 Å². The minimum Gasteiger partial charge on any atom is -0.352 e. The number of hydrogen-bond donors (Lipinski definition) is 1. The van der Waals surface area contributed by atoms with Gasteiger partial charge in [0.15, 0.2) is 0 Å². The second-order valence-corrected chi connectivity index (χ2v) is 14.0. The van der Waals surface area contributed by atoms with E-state index in [1.165, 1.54) is 12.1 Å². The van der Waals surface area contributed by atoms with E-state index in [0.29, 0.717) is 12.1 Å². The number of anilines is 1. The summed E-state index contributed by atoms with van der Waals surface area (Å²) in [4.78, 5) is 30.5. The monoisotopic (exact) mass is 637 g/mol. The van der Waals surface area contributed by atoms with Crippen molar-refractivity contribution >= 4 is 27.5 Å². The lowest BCUT2D eigenvalue weighted by Crippen LogP contribution is -2.55. The van der Waals surface area contributed by atoms with Crippen LogP contribution >= 0.6 is 0 Å². The maximum Gasteiger partial charge on any atom is 0.264 e. The highest BCUT2D eigenvalue weighted by atomic mass is 32.2. The first-order valence-electron chi connectivity index (χ1n) is 16.0. The summed E-state index contributed by atoms with van der Waals surface area (Å²) in [6.45, 7) is 3.60. The van der Waals surface area contributed by atoms with E-state index in [4.69, 9.17) is 0 Å². The minimum absolute atomic E-state index is 0.0532. The third kappa shape index (κ3) is 8.23. The van der Waals surface area contributed by atoms with Gasteiger partial charge in [-0.3, -0.25) is 13.9 Å². The summed E-state index contributed by atoms with van der Waals surface area (Å²) in [6.07, 6.45) is 5.39. The molecule has 7 nitrogen and oxygen atoms in total. The Kier molecular flexibility index (Phi) is 10.9. The number of nitrogens with one attached hydrogen (secondary N) is 1. The molecule has 46 heavy (non-hydrogen) atoms. The fourth-order valence-corrected chi connectivity index (χ4v) is 7.46. The molecule has 0 aromatic heterocycles. The lowest BCUT2D eigenvalue weighted by molar-refractivity contribution is -0.140. The first-order valence-corrected chi connectivity index (χ1v) is 17.5. The molecular weight excluding hydrogens is 595 g/mol. The number of nitrogens with zero attached hydrogens (tertiary/aromatic N) is 2. The van der Waals surface area contributed by atoms with Crippen molar-refractivity contribution in [2.24, 2.45) is 0 Å². The molecule has 0 saturated heterocycles. The molecule has 8 heteroatoms. The predicted molar refractivity (Wildman–Crippen MR) is 183 cm³/mol. The zero-order chi connectivity index (χ0) is 32.5. The zero-order valence-electron chi connectivity index (χ0n) is 26.6. The molecule has 2 amide bonds. The van der Waals surface area contributed by atoms with Crippen LogP contribution < -0.4 is 9.62 Å². The van der Waals surface area contributed by atoms with Crippen molar-refractivity contribution in [1.82, 2.24) is 10.2 Å². The summed E-state index contributed by atoms with van der Waals surface area (Å²) in [6, 6.07) is 31.9. The molecule has 0 radical (unpaired) electrons. The van der Waals surface area contributed by atoms with Crippen LogP contribution in [-0.2, 0) is 32.6 Å². The van der Waals surface area contributed by atoms with E-state index in [0.717, 1.165) is 58.7 Å².